The summed E-state index contributed by atoms with van der Waals surface area (Å²) in [6, 6.07) is 0. The maximum atomic E-state index is 12.8. The smallest absolute Gasteiger partial charge is 0.306 e. The first-order valence-corrected chi connectivity index (χ1v) is 30.7. The zero-order chi connectivity index (χ0) is 49.3. The lowest BCUT2D eigenvalue weighted by molar-refractivity contribution is -0.167. The van der Waals surface area contributed by atoms with E-state index in [0.29, 0.717) is 19.3 Å². The van der Waals surface area contributed by atoms with E-state index in [9.17, 15) is 14.4 Å². The van der Waals surface area contributed by atoms with Crippen molar-refractivity contribution in [2.24, 2.45) is 0 Å². The van der Waals surface area contributed by atoms with E-state index < -0.39 is 6.10 Å². The molecule has 0 radical (unpaired) electrons. The van der Waals surface area contributed by atoms with Gasteiger partial charge >= 0.3 is 17.9 Å². The molecule has 0 amide bonds. The van der Waals surface area contributed by atoms with Crippen LogP contribution in [0.2, 0.25) is 0 Å². The van der Waals surface area contributed by atoms with Gasteiger partial charge in [-0.1, -0.05) is 296 Å². The number of hydrogen-bond acceptors (Lipinski definition) is 6. The molecule has 0 bridgehead atoms. The summed E-state index contributed by atoms with van der Waals surface area (Å²) in [4.78, 5) is 38.1. The molecule has 0 N–H and O–H groups in total. The number of rotatable bonds is 57. The first-order chi connectivity index (χ1) is 33.5. The van der Waals surface area contributed by atoms with Crippen molar-refractivity contribution in [1.29, 1.82) is 0 Å². The lowest BCUT2D eigenvalue weighted by Crippen LogP contribution is -2.30. The molecule has 0 aromatic heterocycles. The van der Waals surface area contributed by atoms with E-state index in [4.69, 9.17) is 14.2 Å². The zero-order valence-electron chi connectivity index (χ0n) is 46.2. The Morgan fingerprint density at radius 1 is 0.279 bits per heavy atom. The number of allylic oxidation sites excluding steroid dienone is 2. The minimum absolute atomic E-state index is 0.0660. The van der Waals surface area contributed by atoms with Crippen molar-refractivity contribution < 1.29 is 28.6 Å². The average Bonchev–Trinajstić information content (AvgIpc) is 3.34. The SMILES string of the molecule is CCCCCCCC/C=C\CCCCCCCCCC(=O)OC(COC(=O)CCCCCCCCCCC)COC(=O)CCCCCCCCCCCCCCCCCCCCCCCCCC. The Kier molecular flexibility index (Phi) is 56.2. The lowest BCUT2D eigenvalue weighted by atomic mass is 10.0. The highest BCUT2D eigenvalue weighted by Crippen LogP contribution is 2.18. The number of unbranched alkanes of at least 4 members (excludes halogenated alkanes) is 44. The Labute approximate surface area is 424 Å². The normalized spacial score (nSPS) is 12.0. The van der Waals surface area contributed by atoms with Gasteiger partial charge in [-0.2, -0.15) is 0 Å². The van der Waals surface area contributed by atoms with Crippen molar-refractivity contribution in [3.63, 3.8) is 0 Å². The van der Waals surface area contributed by atoms with Gasteiger partial charge in [0.1, 0.15) is 13.2 Å². The first-order valence-electron chi connectivity index (χ1n) is 30.7. The molecule has 0 aliphatic rings. The van der Waals surface area contributed by atoms with Gasteiger partial charge in [0.25, 0.3) is 0 Å². The van der Waals surface area contributed by atoms with Crippen LogP contribution >= 0.6 is 0 Å². The van der Waals surface area contributed by atoms with Crippen molar-refractivity contribution in [2.45, 2.75) is 354 Å². The highest BCUT2D eigenvalue weighted by Gasteiger charge is 2.19. The average molecular weight is 960 g/mol. The maximum Gasteiger partial charge on any atom is 0.306 e. The quantitative estimate of drug-likeness (QED) is 0.0262. The van der Waals surface area contributed by atoms with Gasteiger partial charge in [0.05, 0.1) is 0 Å². The summed E-state index contributed by atoms with van der Waals surface area (Å²) in [5.74, 6) is -0.849. The molecule has 68 heavy (non-hydrogen) atoms. The van der Waals surface area contributed by atoms with Crippen LogP contribution in [0.15, 0.2) is 12.2 Å². The summed E-state index contributed by atoms with van der Waals surface area (Å²) in [5, 5.41) is 0. The van der Waals surface area contributed by atoms with Gasteiger partial charge in [-0.15, -0.1) is 0 Å². The Bertz CT molecular complexity index is 1060. The summed E-state index contributed by atoms with van der Waals surface area (Å²) in [7, 11) is 0. The van der Waals surface area contributed by atoms with Gasteiger partial charge in [0.2, 0.25) is 0 Å². The first kappa shape index (κ1) is 66.2. The molecule has 1 unspecified atom stereocenters. The predicted molar refractivity (Wildman–Crippen MR) is 293 cm³/mol. The third kappa shape index (κ3) is 55.1. The fourth-order valence-corrected chi connectivity index (χ4v) is 9.38. The Morgan fingerprint density at radius 3 is 0.735 bits per heavy atom. The second-order valence-corrected chi connectivity index (χ2v) is 21.0. The fraction of sp³-hybridized carbons (Fsp3) is 0.919. The number of esters is 3. The summed E-state index contributed by atoms with van der Waals surface area (Å²) in [5.41, 5.74) is 0. The molecule has 0 aromatic carbocycles. The number of carbonyl (C=O) groups is 3. The molecule has 0 fully saturated rings. The highest BCUT2D eigenvalue weighted by atomic mass is 16.6. The second-order valence-electron chi connectivity index (χ2n) is 21.0. The van der Waals surface area contributed by atoms with E-state index in [1.165, 1.54) is 250 Å². The Hall–Kier alpha value is -1.85. The molecular formula is C62H118O6. The number of ether oxygens (including phenoxy) is 3. The molecule has 0 aromatic rings. The zero-order valence-corrected chi connectivity index (χ0v) is 46.2. The minimum Gasteiger partial charge on any atom is -0.462 e. The third-order valence-electron chi connectivity index (χ3n) is 14.0. The van der Waals surface area contributed by atoms with Crippen LogP contribution in [-0.4, -0.2) is 37.2 Å². The maximum absolute atomic E-state index is 12.8. The molecule has 1 atom stereocenters. The van der Waals surface area contributed by atoms with Crippen molar-refractivity contribution in [3.8, 4) is 0 Å². The molecular weight excluding hydrogens is 841 g/mol. The molecule has 0 saturated heterocycles. The molecule has 0 aliphatic heterocycles. The third-order valence-corrected chi connectivity index (χ3v) is 14.0. The molecule has 402 valence electrons. The topological polar surface area (TPSA) is 78.9 Å². The van der Waals surface area contributed by atoms with E-state index in [2.05, 4.69) is 32.9 Å². The Morgan fingerprint density at radius 2 is 0.485 bits per heavy atom. The van der Waals surface area contributed by atoms with Crippen LogP contribution in [0.5, 0.6) is 0 Å². The monoisotopic (exact) mass is 959 g/mol. The van der Waals surface area contributed by atoms with E-state index in [0.717, 1.165) is 57.8 Å². The minimum atomic E-state index is -0.766. The van der Waals surface area contributed by atoms with Crippen molar-refractivity contribution >= 4 is 17.9 Å². The molecule has 0 spiro atoms. The predicted octanol–water partition coefficient (Wildman–Crippen LogP) is 20.5. The molecule has 6 nitrogen and oxygen atoms in total. The van der Waals surface area contributed by atoms with Crippen LogP contribution in [-0.2, 0) is 28.6 Å². The van der Waals surface area contributed by atoms with Crippen LogP contribution in [0.4, 0.5) is 0 Å². The molecule has 0 saturated carbocycles. The highest BCUT2D eigenvalue weighted by molar-refractivity contribution is 5.71. The van der Waals surface area contributed by atoms with E-state index in [1.54, 1.807) is 0 Å². The van der Waals surface area contributed by atoms with Crippen LogP contribution in [0, 0.1) is 0 Å². The van der Waals surface area contributed by atoms with Crippen LogP contribution < -0.4 is 0 Å². The van der Waals surface area contributed by atoms with Crippen LogP contribution in [0.3, 0.4) is 0 Å². The van der Waals surface area contributed by atoms with Gasteiger partial charge in [-0.25, -0.2) is 0 Å². The molecule has 0 rings (SSSR count). The molecule has 0 aliphatic carbocycles. The van der Waals surface area contributed by atoms with Crippen LogP contribution in [0.25, 0.3) is 0 Å². The second kappa shape index (κ2) is 57.7. The standard InChI is InChI=1S/C62H118O6/c1-4-7-10-13-16-19-21-23-25-27-28-29-30-31-32-33-35-36-38-40-43-46-49-52-55-61(64)67-58-59(57-66-60(63)54-51-48-45-42-18-15-12-9-6-3)68-62(65)56-53-50-47-44-41-39-37-34-26-24-22-20-17-14-11-8-5-2/h24,26,59H,4-23,25,27-58H2,1-3H3/b26-24-. The van der Waals surface area contributed by atoms with Crippen molar-refractivity contribution in [3.05, 3.63) is 12.2 Å². The lowest BCUT2D eigenvalue weighted by Gasteiger charge is -2.18. The summed E-state index contributed by atoms with van der Waals surface area (Å²) >= 11 is 0. The van der Waals surface area contributed by atoms with Gasteiger partial charge in [-0.3, -0.25) is 14.4 Å². The molecule has 0 heterocycles. The van der Waals surface area contributed by atoms with Gasteiger partial charge in [0, 0.05) is 19.3 Å². The summed E-state index contributed by atoms with van der Waals surface area (Å²) in [6.07, 6.45) is 66.6. The fourth-order valence-electron chi connectivity index (χ4n) is 9.38. The van der Waals surface area contributed by atoms with Crippen molar-refractivity contribution in [2.75, 3.05) is 13.2 Å². The summed E-state index contributed by atoms with van der Waals surface area (Å²) < 4.78 is 16.9. The van der Waals surface area contributed by atoms with E-state index in [1.807, 2.05) is 0 Å². The van der Waals surface area contributed by atoms with Gasteiger partial charge in [0.15, 0.2) is 6.10 Å². The Balaban J connectivity index is 4.15. The van der Waals surface area contributed by atoms with Crippen LogP contribution in [0.1, 0.15) is 348 Å². The number of hydrogen-bond donors (Lipinski definition) is 0. The molecule has 6 heteroatoms. The van der Waals surface area contributed by atoms with Gasteiger partial charge < -0.3 is 14.2 Å². The van der Waals surface area contributed by atoms with Crippen molar-refractivity contribution in [1.82, 2.24) is 0 Å². The summed E-state index contributed by atoms with van der Waals surface area (Å²) in [6.45, 7) is 6.67. The van der Waals surface area contributed by atoms with E-state index >= 15 is 0 Å². The van der Waals surface area contributed by atoms with E-state index in [-0.39, 0.29) is 31.1 Å². The largest absolute Gasteiger partial charge is 0.462 e. The van der Waals surface area contributed by atoms with Gasteiger partial charge in [-0.05, 0) is 44.9 Å². The number of carbonyl (C=O) groups excluding carboxylic acids is 3.